The number of hydrogen-bond acceptors (Lipinski definition) is 4. The molecule has 0 aromatic rings. The summed E-state index contributed by atoms with van der Waals surface area (Å²) in [5.74, 6) is -0.877. The second-order valence-corrected chi connectivity index (χ2v) is 6.06. The van der Waals surface area contributed by atoms with Crippen molar-refractivity contribution >= 4 is 20.0 Å². The van der Waals surface area contributed by atoms with Crippen molar-refractivity contribution in [3.63, 3.8) is 0 Å². The largest absolute Gasteiger partial charge is 0.285 e. The van der Waals surface area contributed by atoms with Gasteiger partial charge in [0.15, 0.2) is 9.84 Å². The Kier molecular flexibility index (Phi) is 1.53. The second kappa shape index (κ2) is 1.93. The van der Waals surface area contributed by atoms with Gasteiger partial charge in [0.25, 0.3) is 10.1 Å². The van der Waals surface area contributed by atoms with Crippen LogP contribution in [0.25, 0.3) is 0 Å². The van der Waals surface area contributed by atoms with Gasteiger partial charge < -0.3 is 0 Å². The van der Waals surface area contributed by atoms with E-state index in [9.17, 15) is 16.8 Å². The van der Waals surface area contributed by atoms with Crippen LogP contribution in [0.4, 0.5) is 0 Å². The van der Waals surface area contributed by atoms with Crippen molar-refractivity contribution in [3.05, 3.63) is 0 Å². The zero-order chi connectivity index (χ0) is 7.99. The van der Waals surface area contributed by atoms with Crippen LogP contribution in [-0.4, -0.2) is 38.1 Å². The van der Waals surface area contributed by atoms with E-state index in [2.05, 4.69) is 0 Å². The van der Waals surface area contributed by atoms with Gasteiger partial charge in [0.1, 0.15) is 5.25 Å². The smallest absolute Gasteiger partial charge is 0.269 e. The first kappa shape index (κ1) is 7.96. The molecule has 0 amide bonds. The fraction of sp³-hybridized carbons (Fsp3) is 1.00. The van der Waals surface area contributed by atoms with Crippen molar-refractivity contribution in [1.82, 2.24) is 0 Å². The van der Waals surface area contributed by atoms with Crippen LogP contribution in [0, 0.1) is 0 Å². The Bertz CT molecular complexity index is 310. The van der Waals surface area contributed by atoms with Gasteiger partial charge in [-0.2, -0.15) is 8.42 Å². The van der Waals surface area contributed by atoms with E-state index >= 15 is 0 Å². The van der Waals surface area contributed by atoms with Gasteiger partial charge >= 0.3 is 0 Å². The van der Waals surface area contributed by atoms with Crippen LogP contribution in [-0.2, 0) is 20.0 Å². The van der Waals surface area contributed by atoms with Gasteiger partial charge in [-0.3, -0.25) is 4.55 Å². The van der Waals surface area contributed by atoms with Crippen LogP contribution >= 0.6 is 0 Å². The van der Waals surface area contributed by atoms with Crippen molar-refractivity contribution in [1.29, 1.82) is 0 Å². The minimum atomic E-state index is -4.12. The van der Waals surface area contributed by atoms with Gasteiger partial charge in [0.2, 0.25) is 0 Å². The minimum Gasteiger partial charge on any atom is -0.285 e. The normalized spacial score (nSPS) is 25.7. The summed E-state index contributed by atoms with van der Waals surface area (Å²) in [5, 5.41) is -1.09. The third-order valence-corrected chi connectivity index (χ3v) is 4.72. The summed E-state index contributed by atoms with van der Waals surface area (Å²) in [4.78, 5) is 0. The Morgan fingerprint density at radius 2 is 1.70 bits per heavy atom. The first-order chi connectivity index (χ1) is 4.31. The van der Waals surface area contributed by atoms with E-state index in [1.165, 1.54) is 0 Å². The van der Waals surface area contributed by atoms with Crippen molar-refractivity contribution in [3.8, 4) is 0 Å². The second-order valence-electron chi connectivity index (χ2n) is 2.21. The Balaban J connectivity index is 2.75. The minimum absolute atomic E-state index is 0.439. The molecule has 1 N–H and O–H groups in total. The fourth-order valence-corrected chi connectivity index (χ4v) is 4.34. The van der Waals surface area contributed by atoms with Gasteiger partial charge in [-0.25, -0.2) is 8.42 Å². The molecule has 0 aromatic carbocycles. The van der Waals surface area contributed by atoms with Crippen LogP contribution < -0.4 is 0 Å². The average Bonchev–Trinajstić information content (AvgIpc) is 1.56. The lowest BCUT2D eigenvalue weighted by atomic mass is 10.5. The molecule has 1 aliphatic rings. The maximum Gasteiger partial charge on any atom is 0.269 e. The Hall–Kier alpha value is -0.140. The molecule has 1 rings (SSSR count). The van der Waals surface area contributed by atoms with Crippen molar-refractivity contribution < 1.29 is 21.4 Å². The molecule has 1 aliphatic heterocycles. The van der Waals surface area contributed by atoms with Crippen molar-refractivity contribution in [2.75, 3.05) is 11.5 Å². The maximum atomic E-state index is 10.4. The highest BCUT2D eigenvalue weighted by molar-refractivity contribution is 7.97. The summed E-state index contributed by atoms with van der Waals surface area (Å²) in [7, 11) is -7.27. The lowest BCUT2D eigenvalue weighted by molar-refractivity contribution is 0.467. The predicted octanol–water partition coefficient (Wildman–Crippen LogP) is -1.33. The fourth-order valence-electron chi connectivity index (χ4n) is 0.690. The average molecular weight is 186 g/mol. The summed E-state index contributed by atoms with van der Waals surface area (Å²) in [6.07, 6.45) is 0. The highest BCUT2D eigenvalue weighted by atomic mass is 32.2. The van der Waals surface area contributed by atoms with E-state index in [0.717, 1.165) is 0 Å². The van der Waals surface area contributed by atoms with Crippen molar-refractivity contribution in [2.45, 2.75) is 5.25 Å². The molecule has 0 atom stereocenters. The molecule has 0 saturated carbocycles. The zero-order valence-corrected chi connectivity index (χ0v) is 6.52. The van der Waals surface area contributed by atoms with Crippen LogP contribution in [0.15, 0.2) is 0 Å². The van der Waals surface area contributed by atoms with Gasteiger partial charge in [-0.15, -0.1) is 0 Å². The van der Waals surface area contributed by atoms with E-state index in [-0.39, 0.29) is 0 Å². The zero-order valence-electron chi connectivity index (χ0n) is 4.89. The molecule has 0 bridgehead atoms. The van der Waals surface area contributed by atoms with Gasteiger partial charge in [-0.05, 0) is 0 Å². The Labute approximate surface area is 58.7 Å². The highest BCUT2D eigenvalue weighted by Gasteiger charge is 2.41. The number of hydrogen-bond donors (Lipinski definition) is 1. The molecule has 1 saturated heterocycles. The molecule has 0 aromatic heterocycles. The van der Waals surface area contributed by atoms with Crippen LogP contribution in [0.2, 0.25) is 0 Å². The molecule has 60 valence electrons. The molecule has 1 heterocycles. The SMILES string of the molecule is O=S1(=O)CC(S(=O)(=O)O)C1. The first-order valence-corrected chi connectivity index (χ1v) is 5.80. The van der Waals surface area contributed by atoms with Gasteiger partial charge in [0, 0.05) is 0 Å². The van der Waals surface area contributed by atoms with Crippen LogP contribution in [0.3, 0.4) is 0 Å². The molecule has 0 spiro atoms. The lowest BCUT2D eigenvalue weighted by Gasteiger charge is -2.21. The Morgan fingerprint density at radius 1 is 1.30 bits per heavy atom. The molecular formula is C3H6O5S2. The summed E-state index contributed by atoms with van der Waals surface area (Å²) < 4.78 is 49.4. The van der Waals surface area contributed by atoms with Gasteiger partial charge in [-0.1, -0.05) is 0 Å². The predicted molar refractivity (Wildman–Crippen MR) is 34.0 cm³/mol. The highest BCUT2D eigenvalue weighted by Crippen LogP contribution is 2.16. The summed E-state index contributed by atoms with van der Waals surface area (Å²) in [6, 6.07) is 0. The molecule has 0 unspecified atom stereocenters. The molecule has 1 fully saturated rings. The third-order valence-electron chi connectivity index (χ3n) is 1.30. The molecule has 0 aliphatic carbocycles. The summed E-state index contributed by atoms with van der Waals surface area (Å²) >= 11 is 0. The molecule has 5 nitrogen and oxygen atoms in total. The first-order valence-electron chi connectivity index (χ1n) is 2.48. The monoisotopic (exact) mass is 186 g/mol. The topological polar surface area (TPSA) is 88.5 Å². The lowest BCUT2D eigenvalue weighted by Crippen LogP contribution is -2.46. The third kappa shape index (κ3) is 1.47. The van der Waals surface area contributed by atoms with E-state index in [0.29, 0.717) is 0 Å². The summed E-state index contributed by atoms with van der Waals surface area (Å²) in [6.45, 7) is 0. The molecular weight excluding hydrogens is 180 g/mol. The quantitative estimate of drug-likeness (QED) is 0.512. The summed E-state index contributed by atoms with van der Waals surface area (Å²) in [5.41, 5.74) is 0. The standard InChI is InChI=1S/C3H6O5S2/c4-9(5)1-3(2-9)10(6,7)8/h3H,1-2H2,(H,6,7,8). The van der Waals surface area contributed by atoms with E-state index in [1.807, 2.05) is 0 Å². The van der Waals surface area contributed by atoms with Crippen LogP contribution in [0.5, 0.6) is 0 Å². The number of sulfone groups is 1. The van der Waals surface area contributed by atoms with Crippen molar-refractivity contribution in [2.24, 2.45) is 0 Å². The van der Waals surface area contributed by atoms with E-state index in [1.54, 1.807) is 0 Å². The van der Waals surface area contributed by atoms with E-state index < -0.39 is 36.7 Å². The number of rotatable bonds is 1. The molecule has 7 heteroatoms. The molecule has 0 radical (unpaired) electrons. The van der Waals surface area contributed by atoms with E-state index in [4.69, 9.17) is 4.55 Å². The molecule has 10 heavy (non-hydrogen) atoms. The van der Waals surface area contributed by atoms with Gasteiger partial charge in [0.05, 0.1) is 11.5 Å². The Morgan fingerprint density at radius 3 is 1.80 bits per heavy atom. The van der Waals surface area contributed by atoms with Crippen LogP contribution in [0.1, 0.15) is 0 Å². The maximum absolute atomic E-state index is 10.4.